The molecule has 0 fully saturated rings. The van der Waals surface area contributed by atoms with E-state index in [1.165, 1.54) is 13.0 Å². The average Bonchev–Trinajstić information content (AvgIpc) is 2.38. The standard InChI is InChI=1S/C10H12BrN3O6S/c1-8-3-4-9(7-10(8)13(15)16)21(19,20)12(14(17)18)6-2-5-11/h3-4,7H,2,5-6H2,1H3. The van der Waals surface area contributed by atoms with Gasteiger partial charge in [-0.2, -0.15) is 8.42 Å². The van der Waals surface area contributed by atoms with E-state index in [4.69, 9.17) is 0 Å². The van der Waals surface area contributed by atoms with Gasteiger partial charge in [0.15, 0.2) is 5.03 Å². The molecule has 0 N–H and O–H groups in total. The summed E-state index contributed by atoms with van der Waals surface area (Å²) >= 11 is 3.06. The van der Waals surface area contributed by atoms with Crippen LogP contribution in [0.15, 0.2) is 23.1 Å². The molecule has 1 aromatic rings. The Bertz CT molecular complexity index is 663. The summed E-state index contributed by atoms with van der Waals surface area (Å²) in [6.07, 6.45) is 0.230. The molecule has 9 nitrogen and oxygen atoms in total. The van der Waals surface area contributed by atoms with E-state index in [-0.39, 0.29) is 22.9 Å². The molecule has 0 unspecified atom stereocenters. The summed E-state index contributed by atoms with van der Waals surface area (Å²) in [6, 6.07) is 3.19. The van der Waals surface area contributed by atoms with Gasteiger partial charge in [0.25, 0.3) is 5.69 Å². The van der Waals surface area contributed by atoms with Crippen LogP contribution in [0.3, 0.4) is 0 Å². The lowest BCUT2D eigenvalue weighted by atomic mass is 10.2. The third-order valence-corrected chi connectivity index (χ3v) is 4.90. The van der Waals surface area contributed by atoms with E-state index in [9.17, 15) is 28.6 Å². The Balaban J connectivity index is 3.31. The number of benzene rings is 1. The first-order chi connectivity index (χ1) is 9.71. The van der Waals surface area contributed by atoms with E-state index in [1.54, 1.807) is 0 Å². The molecule has 0 amide bonds. The molecule has 0 spiro atoms. The van der Waals surface area contributed by atoms with Gasteiger partial charge >= 0.3 is 10.0 Å². The lowest BCUT2D eigenvalue weighted by Crippen LogP contribution is -2.37. The van der Waals surface area contributed by atoms with Crippen molar-refractivity contribution in [1.29, 1.82) is 0 Å². The summed E-state index contributed by atoms with van der Waals surface area (Å²) < 4.78 is 24.5. The van der Waals surface area contributed by atoms with Gasteiger partial charge in [-0.05, 0) is 23.8 Å². The number of sulfonamides is 1. The molecule has 1 aromatic carbocycles. The average molecular weight is 382 g/mol. The van der Waals surface area contributed by atoms with Gasteiger partial charge in [-0.25, -0.2) is 10.1 Å². The minimum absolute atomic E-state index is 0.0860. The molecule has 0 radical (unpaired) electrons. The number of hydrogen-bond acceptors (Lipinski definition) is 6. The van der Waals surface area contributed by atoms with Gasteiger partial charge in [-0.15, -0.1) is 0 Å². The molecule has 0 aromatic heterocycles. The third kappa shape index (κ3) is 3.88. The van der Waals surface area contributed by atoms with E-state index in [0.29, 0.717) is 5.33 Å². The topological polar surface area (TPSA) is 124 Å². The lowest BCUT2D eigenvalue weighted by Gasteiger charge is -2.14. The van der Waals surface area contributed by atoms with E-state index in [1.807, 2.05) is 0 Å². The highest BCUT2D eigenvalue weighted by atomic mass is 79.9. The van der Waals surface area contributed by atoms with Crippen molar-refractivity contribution in [2.24, 2.45) is 0 Å². The van der Waals surface area contributed by atoms with Crippen LogP contribution in [0.25, 0.3) is 0 Å². The second kappa shape index (κ2) is 6.80. The number of nitro benzene ring substituents is 1. The zero-order valence-electron chi connectivity index (χ0n) is 10.9. The van der Waals surface area contributed by atoms with E-state index in [0.717, 1.165) is 12.1 Å². The molecule has 0 aliphatic carbocycles. The maximum absolute atomic E-state index is 12.2. The van der Waals surface area contributed by atoms with Crippen LogP contribution in [0.4, 0.5) is 5.69 Å². The second-order valence-corrected chi connectivity index (χ2v) is 6.67. The monoisotopic (exact) mass is 381 g/mol. The van der Waals surface area contributed by atoms with Crippen LogP contribution in [0, 0.1) is 27.2 Å². The fourth-order valence-corrected chi connectivity index (χ4v) is 3.09. The Morgan fingerprint density at radius 2 is 1.90 bits per heavy atom. The number of halogens is 1. The second-order valence-electron chi connectivity index (χ2n) is 4.04. The lowest BCUT2D eigenvalue weighted by molar-refractivity contribution is -0.619. The normalized spacial score (nSPS) is 11.1. The molecule has 116 valence electrons. The van der Waals surface area contributed by atoms with E-state index in [2.05, 4.69) is 15.9 Å². The number of nitrogens with zero attached hydrogens (tertiary/aromatic N) is 3. The number of nitro groups is 2. The van der Waals surface area contributed by atoms with Crippen LogP contribution >= 0.6 is 15.9 Å². The van der Waals surface area contributed by atoms with E-state index < -0.39 is 30.6 Å². The van der Waals surface area contributed by atoms with Gasteiger partial charge in [-0.1, -0.05) is 22.0 Å². The Morgan fingerprint density at radius 3 is 2.38 bits per heavy atom. The predicted molar refractivity (Wildman–Crippen MR) is 77.1 cm³/mol. The summed E-state index contributed by atoms with van der Waals surface area (Å²) in [5, 5.41) is 21.1. The van der Waals surface area contributed by atoms with Crippen LogP contribution in [0.2, 0.25) is 0 Å². The van der Waals surface area contributed by atoms with Gasteiger partial charge in [0, 0.05) is 17.0 Å². The maximum Gasteiger partial charge on any atom is 0.313 e. The zero-order chi connectivity index (χ0) is 16.2. The number of rotatable bonds is 7. The number of hydrogen-bond donors (Lipinski definition) is 0. The molecule has 0 atom stereocenters. The largest absolute Gasteiger partial charge is 0.313 e. The van der Waals surface area contributed by atoms with Gasteiger partial charge < -0.3 is 0 Å². The fourth-order valence-electron chi connectivity index (χ4n) is 1.55. The summed E-state index contributed by atoms with van der Waals surface area (Å²) in [6.45, 7) is 1.12. The minimum atomic E-state index is -4.44. The number of aryl methyl sites for hydroxylation is 1. The Morgan fingerprint density at radius 1 is 1.29 bits per heavy atom. The zero-order valence-corrected chi connectivity index (χ0v) is 13.3. The quantitative estimate of drug-likeness (QED) is 0.403. The molecule has 0 bridgehead atoms. The Kier molecular flexibility index (Phi) is 5.61. The van der Waals surface area contributed by atoms with Crippen molar-refractivity contribution in [2.45, 2.75) is 18.2 Å². The Labute approximate surface area is 129 Å². The molecule has 0 aliphatic heterocycles. The first-order valence-corrected chi connectivity index (χ1v) is 8.26. The SMILES string of the molecule is Cc1ccc(S(=O)(=O)N(CCCBr)[N+](=O)[O-])cc1[N+](=O)[O-]. The molecule has 11 heteroatoms. The van der Waals surface area contributed by atoms with Crippen molar-refractivity contribution in [3.05, 3.63) is 44.0 Å². The molecule has 0 saturated carbocycles. The summed E-state index contributed by atoms with van der Waals surface area (Å²) in [5.74, 6) is 0. The number of hydrazine groups is 1. The van der Waals surface area contributed by atoms with E-state index >= 15 is 0 Å². The number of alkyl halides is 1. The molecule has 0 heterocycles. The molecule has 21 heavy (non-hydrogen) atoms. The first-order valence-electron chi connectivity index (χ1n) is 5.70. The van der Waals surface area contributed by atoms with Gasteiger partial charge in [-0.3, -0.25) is 10.1 Å². The van der Waals surface area contributed by atoms with Crippen LogP contribution < -0.4 is 0 Å². The Hall–Kier alpha value is -1.75. The molecular weight excluding hydrogens is 370 g/mol. The highest BCUT2D eigenvalue weighted by Gasteiger charge is 2.33. The van der Waals surface area contributed by atoms with Crippen molar-refractivity contribution in [3.63, 3.8) is 0 Å². The fraction of sp³-hybridized carbons (Fsp3) is 0.400. The van der Waals surface area contributed by atoms with Crippen molar-refractivity contribution < 1.29 is 18.4 Å². The molecular formula is C10H12BrN3O6S. The highest BCUT2D eigenvalue weighted by molar-refractivity contribution is 9.09. The third-order valence-electron chi connectivity index (χ3n) is 2.62. The smallest absolute Gasteiger partial charge is 0.258 e. The van der Waals surface area contributed by atoms with Gasteiger partial charge in [0.2, 0.25) is 0 Å². The summed E-state index contributed by atoms with van der Waals surface area (Å²) in [4.78, 5) is 20.5. The maximum atomic E-state index is 12.2. The minimum Gasteiger partial charge on any atom is -0.258 e. The van der Waals surface area contributed by atoms with Crippen LogP contribution in [0.1, 0.15) is 12.0 Å². The molecule has 0 saturated heterocycles. The summed E-state index contributed by atoms with van der Waals surface area (Å²) in [7, 11) is -4.44. The van der Waals surface area contributed by atoms with Crippen LogP contribution in [0.5, 0.6) is 0 Å². The summed E-state index contributed by atoms with van der Waals surface area (Å²) in [5.41, 5.74) is -0.132. The first kappa shape index (κ1) is 17.3. The predicted octanol–water partition coefficient (Wildman–Crippen LogP) is 1.87. The highest BCUT2D eigenvalue weighted by Crippen LogP contribution is 2.24. The van der Waals surface area contributed by atoms with Crippen LogP contribution in [-0.4, -0.2) is 34.7 Å². The molecule has 1 rings (SSSR count). The van der Waals surface area contributed by atoms with Crippen molar-refractivity contribution in [3.8, 4) is 0 Å². The van der Waals surface area contributed by atoms with Crippen molar-refractivity contribution in [2.75, 3.05) is 11.9 Å². The van der Waals surface area contributed by atoms with Gasteiger partial charge in [0.05, 0.1) is 16.4 Å². The molecule has 0 aliphatic rings. The van der Waals surface area contributed by atoms with Crippen molar-refractivity contribution >= 4 is 31.6 Å². The van der Waals surface area contributed by atoms with Gasteiger partial charge in [0.1, 0.15) is 0 Å². The van der Waals surface area contributed by atoms with Crippen molar-refractivity contribution in [1.82, 2.24) is 4.41 Å². The van der Waals surface area contributed by atoms with Crippen LogP contribution in [-0.2, 0) is 10.0 Å².